The standard InChI is InChI=1S/C15H13ClOS/c1-10-3-8-15(14(9-10)11(2)17)18-13-6-4-12(16)5-7-13/h3-9H,1-2H3. The average molecular weight is 277 g/mol. The lowest BCUT2D eigenvalue weighted by atomic mass is 10.1. The van der Waals surface area contributed by atoms with Crippen molar-refractivity contribution in [2.24, 2.45) is 0 Å². The van der Waals surface area contributed by atoms with Gasteiger partial charge in [0, 0.05) is 20.4 Å². The van der Waals surface area contributed by atoms with Crippen LogP contribution in [0.5, 0.6) is 0 Å². The third-order valence-corrected chi connectivity index (χ3v) is 3.89. The van der Waals surface area contributed by atoms with Gasteiger partial charge in [0.15, 0.2) is 5.78 Å². The molecule has 0 saturated carbocycles. The summed E-state index contributed by atoms with van der Waals surface area (Å²) in [4.78, 5) is 13.7. The number of ketones is 1. The van der Waals surface area contributed by atoms with Crippen LogP contribution in [0.1, 0.15) is 22.8 Å². The van der Waals surface area contributed by atoms with Crippen LogP contribution in [-0.4, -0.2) is 5.78 Å². The summed E-state index contributed by atoms with van der Waals surface area (Å²) in [5.41, 5.74) is 1.87. The summed E-state index contributed by atoms with van der Waals surface area (Å²) >= 11 is 7.43. The van der Waals surface area contributed by atoms with Crippen molar-refractivity contribution in [2.45, 2.75) is 23.6 Å². The van der Waals surface area contributed by atoms with E-state index in [1.165, 1.54) is 0 Å². The van der Waals surface area contributed by atoms with Gasteiger partial charge < -0.3 is 0 Å². The third kappa shape index (κ3) is 3.15. The Labute approximate surface area is 116 Å². The van der Waals surface area contributed by atoms with E-state index in [1.807, 2.05) is 49.4 Å². The molecule has 0 saturated heterocycles. The van der Waals surface area contributed by atoms with E-state index in [-0.39, 0.29) is 5.78 Å². The smallest absolute Gasteiger partial charge is 0.160 e. The van der Waals surface area contributed by atoms with Crippen LogP contribution < -0.4 is 0 Å². The fraction of sp³-hybridized carbons (Fsp3) is 0.133. The quantitative estimate of drug-likeness (QED) is 0.734. The summed E-state index contributed by atoms with van der Waals surface area (Å²) < 4.78 is 0. The molecule has 0 unspecified atom stereocenters. The zero-order valence-corrected chi connectivity index (χ0v) is 11.8. The van der Waals surface area contributed by atoms with E-state index in [9.17, 15) is 4.79 Å². The van der Waals surface area contributed by atoms with Gasteiger partial charge >= 0.3 is 0 Å². The van der Waals surface area contributed by atoms with Crippen LogP contribution in [0.25, 0.3) is 0 Å². The van der Waals surface area contributed by atoms with E-state index < -0.39 is 0 Å². The number of Topliss-reactive ketones (excluding diaryl/α,β-unsaturated/α-hetero) is 1. The molecule has 0 heterocycles. The predicted molar refractivity (Wildman–Crippen MR) is 76.8 cm³/mol. The molecular formula is C15H13ClOS. The molecule has 0 N–H and O–H groups in total. The Morgan fingerprint density at radius 1 is 1.11 bits per heavy atom. The summed E-state index contributed by atoms with van der Waals surface area (Å²) in [7, 11) is 0. The van der Waals surface area contributed by atoms with E-state index >= 15 is 0 Å². The minimum Gasteiger partial charge on any atom is -0.294 e. The normalized spacial score (nSPS) is 10.4. The molecule has 0 bridgehead atoms. The minimum atomic E-state index is 0.0927. The molecule has 0 amide bonds. The maximum atomic E-state index is 11.6. The van der Waals surface area contributed by atoms with E-state index in [1.54, 1.807) is 18.7 Å². The molecular weight excluding hydrogens is 264 g/mol. The number of carbonyl (C=O) groups is 1. The molecule has 0 aliphatic carbocycles. The molecule has 0 spiro atoms. The third-order valence-electron chi connectivity index (χ3n) is 2.56. The maximum absolute atomic E-state index is 11.6. The van der Waals surface area contributed by atoms with Gasteiger partial charge in [0.1, 0.15) is 0 Å². The zero-order valence-electron chi connectivity index (χ0n) is 10.2. The van der Waals surface area contributed by atoms with Gasteiger partial charge in [-0.05, 0) is 50.2 Å². The number of hydrogen-bond acceptors (Lipinski definition) is 2. The number of carbonyl (C=O) groups excluding carboxylic acids is 1. The van der Waals surface area contributed by atoms with Gasteiger partial charge in [-0.2, -0.15) is 0 Å². The Balaban J connectivity index is 2.34. The molecule has 2 aromatic rings. The predicted octanol–water partition coefficient (Wildman–Crippen LogP) is 5.00. The monoisotopic (exact) mass is 276 g/mol. The van der Waals surface area contributed by atoms with Crippen LogP contribution in [0, 0.1) is 6.92 Å². The highest BCUT2D eigenvalue weighted by molar-refractivity contribution is 7.99. The molecule has 0 radical (unpaired) electrons. The Morgan fingerprint density at radius 2 is 1.78 bits per heavy atom. The Bertz CT molecular complexity index is 576. The van der Waals surface area contributed by atoms with Crippen molar-refractivity contribution in [3.05, 3.63) is 58.6 Å². The largest absolute Gasteiger partial charge is 0.294 e. The molecule has 0 atom stereocenters. The van der Waals surface area contributed by atoms with Gasteiger partial charge in [0.25, 0.3) is 0 Å². The summed E-state index contributed by atoms with van der Waals surface area (Å²) in [6.45, 7) is 3.59. The van der Waals surface area contributed by atoms with Crippen LogP contribution in [0.3, 0.4) is 0 Å². The van der Waals surface area contributed by atoms with E-state index in [4.69, 9.17) is 11.6 Å². The highest BCUT2D eigenvalue weighted by atomic mass is 35.5. The van der Waals surface area contributed by atoms with Crippen LogP contribution in [0.2, 0.25) is 5.02 Å². The molecule has 0 fully saturated rings. The molecule has 18 heavy (non-hydrogen) atoms. The topological polar surface area (TPSA) is 17.1 Å². The summed E-state index contributed by atoms with van der Waals surface area (Å²) in [5.74, 6) is 0.0927. The van der Waals surface area contributed by atoms with Crippen molar-refractivity contribution < 1.29 is 4.79 Å². The first-order chi connectivity index (χ1) is 8.56. The maximum Gasteiger partial charge on any atom is 0.160 e. The van der Waals surface area contributed by atoms with Gasteiger partial charge in [-0.3, -0.25) is 4.79 Å². The van der Waals surface area contributed by atoms with Gasteiger partial charge in [0.05, 0.1) is 0 Å². The van der Waals surface area contributed by atoms with Gasteiger partial charge in [-0.15, -0.1) is 0 Å². The van der Waals surface area contributed by atoms with Crippen LogP contribution in [0.4, 0.5) is 0 Å². The fourth-order valence-corrected chi connectivity index (χ4v) is 2.74. The van der Waals surface area contributed by atoms with E-state index in [2.05, 4.69) is 0 Å². The number of hydrogen-bond donors (Lipinski definition) is 0. The van der Waals surface area contributed by atoms with Gasteiger partial charge in [-0.25, -0.2) is 0 Å². The number of benzene rings is 2. The first kappa shape index (κ1) is 13.2. The first-order valence-corrected chi connectivity index (χ1v) is 6.81. The second-order valence-electron chi connectivity index (χ2n) is 4.11. The number of halogens is 1. The molecule has 0 aromatic heterocycles. The Hall–Kier alpha value is -1.25. The second kappa shape index (κ2) is 5.59. The van der Waals surface area contributed by atoms with Crippen molar-refractivity contribution in [1.82, 2.24) is 0 Å². The van der Waals surface area contributed by atoms with Crippen LogP contribution >= 0.6 is 23.4 Å². The molecule has 3 heteroatoms. The summed E-state index contributed by atoms with van der Waals surface area (Å²) in [6.07, 6.45) is 0. The van der Waals surface area contributed by atoms with E-state index in [0.29, 0.717) is 0 Å². The van der Waals surface area contributed by atoms with E-state index in [0.717, 1.165) is 25.9 Å². The highest BCUT2D eigenvalue weighted by Crippen LogP contribution is 2.31. The highest BCUT2D eigenvalue weighted by Gasteiger charge is 2.08. The number of aryl methyl sites for hydroxylation is 1. The lowest BCUT2D eigenvalue weighted by Crippen LogP contribution is -1.95. The van der Waals surface area contributed by atoms with Gasteiger partial charge in [0.2, 0.25) is 0 Å². The Morgan fingerprint density at radius 3 is 2.39 bits per heavy atom. The molecule has 2 rings (SSSR count). The zero-order chi connectivity index (χ0) is 13.1. The van der Waals surface area contributed by atoms with Crippen molar-refractivity contribution in [2.75, 3.05) is 0 Å². The average Bonchev–Trinajstić information content (AvgIpc) is 2.34. The molecule has 2 aromatic carbocycles. The molecule has 0 aliphatic rings. The molecule has 0 aliphatic heterocycles. The van der Waals surface area contributed by atoms with Crippen molar-refractivity contribution >= 4 is 29.1 Å². The van der Waals surface area contributed by atoms with Crippen molar-refractivity contribution in [3.63, 3.8) is 0 Å². The van der Waals surface area contributed by atoms with Crippen molar-refractivity contribution in [3.8, 4) is 0 Å². The van der Waals surface area contributed by atoms with Gasteiger partial charge in [-0.1, -0.05) is 35.0 Å². The van der Waals surface area contributed by atoms with Crippen LogP contribution in [-0.2, 0) is 0 Å². The molecule has 1 nitrogen and oxygen atoms in total. The lowest BCUT2D eigenvalue weighted by Gasteiger charge is -2.07. The SMILES string of the molecule is CC(=O)c1cc(C)ccc1Sc1ccc(Cl)cc1. The van der Waals surface area contributed by atoms with Crippen LogP contribution in [0.15, 0.2) is 52.3 Å². The Kier molecular flexibility index (Phi) is 4.10. The van der Waals surface area contributed by atoms with Crippen molar-refractivity contribution in [1.29, 1.82) is 0 Å². The second-order valence-corrected chi connectivity index (χ2v) is 5.66. The molecule has 92 valence electrons. The first-order valence-electron chi connectivity index (χ1n) is 5.61. The minimum absolute atomic E-state index is 0.0927. The fourth-order valence-electron chi connectivity index (χ4n) is 1.64. The summed E-state index contributed by atoms with van der Waals surface area (Å²) in [6, 6.07) is 13.6. The lowest BCUT2D eigenvalue weighted by molar-refractivity contribution is 0.101. The summed E-state index contributed by atoms with van der Waals surface area (Å²) in [5, 5.41) is 0.718. The number of rotatable bonds is 3.